The van der Waals surface area contributed by atoms with Crippen molar-refractivity contribution >= 4 is 16.9 Å². The van der Waals surface area contributed by atoms with Crippen LogP contribution in [0.4, 0.5) is 13.2 Å². The lowest BCUT2D eigenvalue weighted by molar-refractivity contribution is -0.137. The predicted octanol–water partition coefficient (Wildman–Crippen LogP) is 4.71. The van der Waals surface area contributed by atoms with Crippen molar-refractivity contribution in [1.29, 1.82) is 0 Å². The van der Waals surface area contributed by atoms with Crippen molar-refractivity contribution in [3.8, 4) is 17.2 Å². The number of fused-ring (bicyclic) bond motifs is 1. The van der Waals surface area contributed by atoms with Gasteiger partial charge in [-0.15, -0.1) is 10.2 Å². The van der Waals surface area contributed by atoms with Gasteiger partial charge in [0.15, 0.2) is 0 Å². The van der Waals surface area contributed by atoms with Gasteiger partial charge < -0.3 is 13.6 Å². The summed E-state index contributed by atoms with van der Waals surface area (Å²) in [6.45, 7) is 1.77. The number of carbonyl (C=O) groups is 1. The predicted molar refractivity (Wildman–Crippen MR) is 106 cm³/mol. The summed E-state index contributed by atoms with van der Waals surface area (Å²) in [4.78, 5) is 23.7. The highest BCUT2D eigenvalue weighted by Gasteiger charge is 2.30. The SMILES string of the molecule is Cc1cc(=O)oc2cc(OC(=O)CCc3nnc(-c4cccc(C(F)(F)F)c4)o3)ccc12. The van der Waals surface area contributed by atoms with Crippen LogP contribution in [-0.2, 0) is 17.4 Å². The number of rotatable bonds is 5. The Balaban J connectivity index is 1.41. The number of aryl methyl sites for hydroxylation is 2. The molecule has 0 radical (unpaired) electrons. The van der Waals surface area contributed by atoms with Gasteiger partial charge in [0.05, 0.1) is 12.0 Å². The number of aromatic nitrogens is 2. The van der Waals surface area contributed by atoms with E-state index in [-0.39, 0.29) is 35.9 Å². The van der Waals surface area contributed by atoms with Gasteiger partial charge in [-0.2, -0.15) is 13.2 Å². The van der Waals surface area contributed by atoms with Crippen molar-refractivity contribution in [1.82, 2.24) is 10.2 Å². The summed E-state index contributed by atoms with van der Waals surface area (Å²) in [5.74, 6) is -0.404. The smallest absolute Gasteiger partial charge is 0.416 e. The Labute approximate surface area is 178 Å². The van der Waals surface area contributed by atoms with Crippen LogP contribution in [0.25, 0.3) is 22.4 Å². The molecule has 0 bridgehead atoms. The third kappa shape index (κ3) is 4.69. The van der Waals surface area contributed by atoms with Gasteiger partial charge in [0, 0.05) is 29.5 Å². The third-order valence-electron chi connectivity index (χ3n) is 4.60. The quantitative estimate of drug-likeness (QED) is 0.250. The van der Waals surface area contributed by atoms with E-state index in [1.165, 1.54) is 24.3 Å². The largest absolute Gasteiger partial charge is 0.426 e. The van der Waals surface area contributed by atoms with Crippen molar-refractivity contribution in [2.24, 2.45) is 0 Å². The first-order valence-electron chi connectivity index (χ1n) is 9.44. The van der Waals surface area contributed by atoms with Crippen molar-refractivity contribution in [2.45, 2.75) is 25.9 Å². The van der Waals surface area contributed by atoms with Gasteiger partial charge in [-0.05, 0) is 42.8 Å². The van der Waals surface area contributed by atoms with E-state index in [0.717, 1.165) is 23.1 Å². The van der Waals surface area contributed by atoms with Crippen molar-refractivity contribution in [2.75, 3.05) is 0 Å². The lowest BCUT2D eigenvalue weighted by Gasteiger charge is -2.06. The molecule has 0 aliphatic heterocycles. The number of hydrogen-bond donors (Lipinski definition) is 0. The molecular weight excluding hydrogens is 429 g/mol. The average Bonchev–Trinajstić information content (AvgIpc) is 3.20. The van der Waals surface area contributed by atoms with Crippen LogP contribution in [0.2, 0.25) is 0 Å². The maximum atomic E-state index is 12.9. The van der Waals surface area contributed by atoms with Gasteiger partial charge in [-0.3, -0.25) is 4.79 Å². The summed E-state index contributed by atoms with van der Waals surface area (Å²) in [6.07, 6.45) is -4.57. The highest BCUT2D eigenvalue weighted by molar-refractivity contribution is 5.82. The molecule has 4 rings (SSSR count). The number of halogens is 3. The van der Waals surface area contributed by atoms with E-state index < -0.39 is 23.3 Å². The number of benzene rings is 2. The summed E-state index contributed by atoms with van der Waals surface area (Å²) in [5, 5.41) is 8.23. The topological polar surface area (TPSA) is 95.4 Å². The normalized spacial score (nSPS) is 11.6. The Morgan fingerprint density at radius 1 is 1.06 bits per heavy atom. The van der Waals surface area contributed by atoms with E-state index in [1.807, 2.05) is 0 Å². The second-order valence-corrected chi connectivity index (χ2v) is 6.96. The number of nitrogens with zero attached hydrogens (tertiary/aromatic N) is 2. The van der Waals surface area contributed by atoms with Crippen LogP contribution >= 0.6 is 0 Å². The van der Waals surface area contributed by atoms with Crippen LogP contribution < -0.4 is 10.4 Å². The Kier molecular flexibility index (Phi) is 5.52. The first-order valence-corrected chi connectivity index (χ1v) is 9.44. The summed E-state index contributed by atoms with van der Waals surface area (Å²) in [5.41, 5.74) is -0.190. The van der Waals surface area contributed by atoms with Crippen LogP contribution in [0.15, 0.2) is 62.2 Å². The van der Waals surface area contributed by atoms with Crippen molar-refractivity contribution in [3.63, 3.8) is 0 Å². The van der Waals surface area contributed by atoms with Gasteiger partial charge in [0.25, 0.3) is 0 Å². The van der Waals surface area contributed by atoms with Gasteiger partial charge >= 0.3 is 17.8 Å². The van der Waals surface area contributed by atoms with Crippen molar-refractivity contribution < 1.29 is 31.5 Å². The zero-order chi connectivity index (χ0) is 22.9. The number of esters is 1. The Bertz CT molecular complexity index is 1360. The van der Waals surface area contributed by atoms with Gasteiger partial charge in [0.2, 0.25) is 11.8 Å². The maximum absolute atomic E-state index is 12.9. The fourth-order valence-electron chi connectivity index (χ4n) is 3.06. The van der Waals surface area contributed by atoms with Crippen molar-refractivity contribution in [3.05, 3.63) is 76.0 Å². The lowest BCUT2D eigenvalue weighted by Crippen LogP contribution is -2.09. The summed E-state index contributed by atoms with van der Waals surface area (Å²) < 4.78 is 54.3. The van der Waals surface area contributed by atoms with Crippen LogP contribution in [0, 0.1) is 6.92 Å². The minimum atomic E-state index is -4.49. The molecule has 7 nitrogen and oxygen atoms in total. The molecule has 0 saturated carbocycles. The number of carbonyl (C=O) groups excluding carboxylic acids is 1. The minimum absolute atomic E-state index is 0.0343. The van der Waals surface area contributed by atoms with Gasteiger partial charge in [-0.1, -0.05) is 6.07 Å². The molecule has 4 aromatic rings. The first kappa shape index (κ1) is 21.3. The zero-order valence-corrected chi connectivity index (χ0v) is 16.6. The number of alkyl halides is 3. The molecule has 0 atom stereocenters. The molecule has 32 heavy (non-hydrogen) atoms. The van der Waals surface area contributed by atoms with Gasteiger partial charge in [0.1, 0.15) is 11.3 Å². The maximum Gasteiger partial charge on any atom is 0.416 e. The number of hydrogen-bond acceptors (Lipinski definition) is 7. The molecular formula is C22H15F3N2O5. The molecule has 2 heterocycles. The molecule has 0 amide bonds. The Hall–Kier alpha value is -3.95. The van der Waals surface area contributed by atoms with E-state index in [2.05, 4.69) is 10.2 Å². The molecule has 10 heteroatoms. The van der Waals surface area contributed by atoms with E-state index in [1.54, 1.807) is 19.1 Å². The van der Waals surface area contributed by atoms with Crippen LogP contribution in [-0.4, -0.2) is 16.2 Å². The van der Waals surface area contributed by atoms with Gasteiger partial charge in [-0.25, -0.2) is 4.79 Å². The molecule has 0 spiro atoms. The van der Waals surface area contributed by atoms with E-state index >= 15 is 0 Å². The lowest BCUT2D eigenvalue weighted by atomic mass is 10.1. The molecule has 0 aliphatic rings. The average molecular weight is 444 g/mol. The van der Waals surface area contributed by atoms with Crippen LogP contribution in [0.3, 0.4) is 0 Å². The second-order valence-electron chi connectivity index (χ2n) is 6.96. The summed E-state index contributed by atoms with van der Waals surface area (Å²) >= 11 is 0. The monoisotopic (exact) mass is 444 g/mol. The van der Waals surface area contributed by atoms with E-state index in [9.17, 15) is 22.8 Å². The molecule has 0 unspecified atom stereocenters. The first-order chi connectivity index (χ1) is 15.2. The number of ether oxygens (including phenoxy) is 1. The molecule has 0 aliphatic carbocycles. The van der Waals surface area contributed by atoms with E-state index in [4.69, 9.17) is 13.6 Å². The highest BCUT2D eigenvalue weighted by atomic mass is 19.4. The zero-order valence-electron chi connectivity index (χ0n) is 16.6. The van der Waals surface area contributed by atoms with Crippen LogP contribution in [0.5, 0.6) is 5.75 Å². The molecule has 0 saturated heterocycles. The minimum Gasteiger partial charge on any atom is -0.426 e. The summed E-state index contributed by atoms with van der Waals surface area (Å²) in [7, 11) is 0. The Morgan fingerprint density at radius 2 is 1.88 bits per heavy atom. The second kappa shape index (κ2) is 8.29. The van der Waals surface area contributed by atoms with E-state index in [0.29, 0.717) is 5.58 Å². The fourth-order valence-corrected chi connectivity index (χ4v) is 3.06. The molecule has 0 N–H and O–H groups in total. The molecule has 164 valence electrons. The third-order valence-corrected chi connectivity index (χ3v) is 4.60. The Morgan fingerprint density at radius 3 is 2.66 bits per heavy atom. The molecule has 0 fully saturated rings. The highest BCUT2D eigenvalue weighted by Crippen LogP contribution is 2.32. The molecule has 2 aromatic carbocycles. The molecule has 2 aromatic heterocycles. The summed E-state index contributed by atoms with van der Waals surface area (Å²) in [6, 6.07) is 10.6. The standard InChI is InChI=1S/C22H15F3N2O5/c1-12-9-20(29)31-17-11-15(5-6-16(12)17)30-19(28)8-7-18-26-27-21(32-18)13-3-2-4-14(10-13)22(23,24)25/h2-6,9-11H,7-8H2,1H3. The fraction of sp³-hybridized carbons (Fsp3) is 0.182. The van der Waals surface area contributed by atoms with Crippen LogP contribution in [0.1, 0.15) is 23.4 Å².